The van der Waals surface area contributed by atoms with E-state index in [1.165, 1.54) is 4.57 Å². The van der Waals surface area contributed by atoms with Crippen molar-refractivity contribution in [3.05, 3.63) is 67.7 Å². The van der Waals surface area contributed by atoms with Crippen molar-refractivity contribution in [1.82, 2.24) is 19.7 Å². The standard InChI is InChI=1S/C15H10ClN5O5S/c1-26-13(22)8-6-11(21(24)25)12(17-7-8)27-15-19-18-14(23)20(15)10-4-2-9(16)3-5-10/h2-7H,1H3,(H,18,23). The quantitative estimate of drug-likeness (QED) is 0.387. The number of carbonyl (C=O) groups is 1. The summed E-state index contributed by atoms with van der Waals surface area (Å²) in [6, 6.07) is 7.45. The van der Waals surface area contributed by atoms with Crippen molar-refractivity contribution < 1.29 is 14.5 Å². The first kappa shape index (κ1) is 18.6. The normalized spacial score (nSPS) is 10.6. The van der Waals surface area contributed by atoms with E-state index in [9.17, 15) is 19.7 Å². The van der Waals surface area contributed by atoms with E-state index in [4.69, 9.17) is 11.6 Å². The number of pyridine rings is 1. The number of carbonyl (C=O) groups excluding carboxylic acids is 1. The Morgan fingerprint density at radius 3 is 2.70 bits per heavy atom. The number of halogens is 1. The van der Waals surface area contributed by atoms with Crippen LogP contribution in [0.3, 0.4) is 0 Å². The number of methoxy groups -OCH3 is 1. The van der Waals surface area contributed by atoms with Crippen molar-refractivity contribution in [2.45, 2.75) is 10.2 Å². The molecule has 12 heteroatoms. The van der Waals surface area contributed by atoms with Crippen molar-refractivity contribution in [2.75, 3.05) is 7.11 Å². The van der Waals surface area contributed by atoms with Gasteiger partial charge in [-0.05, 0) is 36.0 Å². The highest BCUT2D eigenvalue weighted by molar-refractivity contribution is 7.99. The lowest BCUT2D eigenvalue weighted by molar-refractivity contribution is -0.388. The molecule has 2 aromatic heterocycles. The molecular formula is C15H10ClN5O5S. The van der Waals surface area contributed by atoms with Crippen LogP contribution in [0.15, 0.2) is 51.5 Å². The maximum absolute atomic E-state index is 12.1. The number of nitrogens with one attached hydrogen (secondary N) is 1. The van der Waals surface area contributed by atoms with Gasteiger partial charge in [-0.15, -0.1) is 5.10 Å². The van der Waals surface area contributed by atoms with Gasteiger partial charge in [-0.1, -0.05) is 11.6 Å². The molecule has 27 heavy (non-hydrogen) atoms. The second kappa shape index (κ2) is 7.60. The molecule has 1 N–H and O–H groups in total. The summed E-state index contributed by atoms with van der Waals surface area (Å²) in [5.74, 6) is -0.750. The van der Waals surface area contributed by atoms with E-state index in [0.29, 0.717) is 10.7 Å². The summed E-state index contributed by atoms with van der Waals surface area (Å²) in [7, 11) is 1.16. The van der Waals surface area contributed by atoms with Crippen LogP contribution in [0.1, 0.15) is 10.4 Å². The van der Waals surface area contributed by atoms with Gasteiger partial charge in [0.1, 0.15) is 0 Å². The van der Waals surface area contributed by atoms with Crippen LogP contribution in [0, 0.1) is 10.1 Å². The minimum atomic E-state index is -0.750. The molecule has 0 saturated carbocycles. The van der Waals surface area contributed by atoms with Crippen LogP contribution < -0.4 is 5.69 Å². The van der Waals surface area contributed by atoms with Gasteiger partial charge in [0.15, 0.2) is 5.03 Å². The Morgan fingerprint density at radius 1 is 1.37 bits per heavy atom. The summed E-state index contributed by atoms with van der Waals surface area (Å²) in [5.41, 5.74) is -0.546. The predicted octanol–water partition coefficient (Wildman–Crippen LogP) is 2.46. The molecule has 0 radical (unpaired) electrons. The van der Waals surface area contributed by atoms with E-state index in [1.54, 1.807) is 24.3 Å². The summed E-state index contributed by atoms with van der Waals surface area (Å²) in [4.78, 5) is 38.3. The Morgan fingerprint density at radius 2 is 2.07 bits per heavy atom. The predicted molar refractivity (Wildman–Crippen MR) is 95.5 cm³/mol. The van der Waals surface area contributed by atoms with Crippen LogP contribution in [0.5, 0.6) is 0 Å². The van der Waals surface area contributed by atoms with E-state index in [0.717, 1.165) is 31.1 Å². The Kier molecular flexibility index (Phi) is 5.23. The lowest BCUT2D eigenvalue weighted by Gasteiger charge is -2.06. The van der Waals surface area contributed by atoms with Gasteiger partial charge in [0.2, 0.25) is 5.16 Å². The minimum Gasteiger partial charge on any atom is -0.465 e. The molecule has 10 nitrogen and oxygen atoms in total. The molecule has 0 atom stereocenters. The molecule has 0 spiro atoms. The largest absolute Gasteiger partial charge is 0.465 e. The molecule has 138 valence electrons. The number of nitrogens with zero attached hydrogens (tertiary/aromatic N) is 4. The van der Waals surface area contributed by atoms with Crippen molar-refractivity contribution in [1.29, 1.82) is 0 Å². The number of hydrogen-bond acceptors (Lipinski definition) is 8. The molecule has 1 aromatic carbocycles. The van der Waals surface area contributed by atoms with Crippen molar-refractivity contribution in [3.63, 3.8) is 0 Å². The number of nitro groups is 1. The fourth-order valence-electron chi connectivity index (χ4n) is 2.13. The van der Waals surface area contributed by atoms with Gasteiger partial charge < -0.3 is 4.74 Å². The summed E-state index contributed by atoms with van der Waals surface area (Å²) in [6.45, 7) is 0. The van der Waals surface area contributed by atoms with Crippen molar-refractivity contribution >= 4 is 35.0 Å². The molecule has 0 bridgehead atoms. The van der Waals surface area contributed by atoms with E-state index in [2.05, 4.69) is 19.9 Å². The van der Waals surface area contributed by atoms with Gasteiger partial charge in [0.05, 0.1) is 23.3 Å². The number of aromatic nitrogens is 4. The number of esters is 1. The average Bonchev–Trinajstić information content (AvgIpc) is 3.02. The first-order valence-corrected chi connectivity index (χ1v) is 8.44. The number of hydrogen-bond donors (Lipinski definition) is 1. The molecule has 0 aliphatic heterocycles. The van der Waals surface area contributed by atoms with Gasteiger partial charge >= 0.3 is 17.3 Å². The maximum atomic E-state index is 12.1. The second-order valence-corrected chi connectivity index (χ2v) is 6.41. The van der Waals surface area contributed by atoms with Gasteiger partial charge in [-0.25, -0.2) is 24.2 Å². The number of benzene rings is 1. The summed E-state index contributed by atoms with van der Waals surface area (Å²) in [6.07, 6.45) is 1.15. The second-order valence-electron chi connectivity index (χ2n) is 5.02. The average molecular weight is 408 g/mol. The highest BCUT2D eigenvalue weighted by Gasteiger charge is 2.23. The van der Waals surface area contributed by atoms with Crippen LogP contribution in [-0.2, 0) is 4.74 Å². The Balaban J connectivity index is 2.04. The summed E-state index contributed by atoms with van der Waals surface area (Å²) >= 11 is 6.65. The molecule has 3 aromatic rings. The highest BCUT2D eigenvalue weighted by atomic mass is 35.5. The Bertz CT molecular complexity index is 1080. The van der Waals surface area contributed by atoms with Gasteiger partial charge in [-0.3, -0.25) is 10.1 Å². The highest BCUT2D eigenvalue weighted by Crippen LogP contribution is 2.33. The SMILES string of the molecule is COC(=O)c1cnc(Sc2n[nH]c(=O)n2-c2ccc(Cl)cc2)c([N+](=O)[O-])c1. The molecule has 0 aliphatic rings. The number of H-pyrrole nitrogens is 1. The third-order valence-electron chi connectivity index (χ3n) is 3.36. The third kappa shape index (κ3) is 3.83. The fraction of sp³-hybridized carbons (Fsp3) is 0.0667. The first-order valence-electron chi connectivity index (χ1n) is 7.24. The van der Waals surface area contributed by atoms with Gasteiger partial charge in [-0.2, -0.15) is 0 Å². The van der Waals surface area contributed by atoms with Crippen molar-refractivity contribution in [2.24, 2.45) is 0 Å². The van der Waals surface area contributed by atoms with E-state index in [1.807, 2.05) is 0 Å². The van der Waals surface area contributed by atoms with Crippen LogP contribution in [-0.4, -0.2) is 37.8 Å². The molecule has 0 fully saturated rings. The molecular weight excluding hydrogens is 398 g/mol. The summed E-state index contributed by atoms with van der Waals surface area (Å²) < 4.78 is 5.76. The molecule has 0 unspecified atom stereocenters. The smallest absolute Gasteiger partial charge is 0.348 e. The molecule has 2 heterocycles. The Hall–Kier alpha value is -3.18. The first-order chi connectivity index (χ1) is 12.9. The van der Waals surface area contributed by atoms with Crippen LogP contribution in [0.4, 0.5) is 5.69 Å². The zero-order valence-corrected chi connectivity index (χ0v) is 15.2. The molecule has 0 amide bonds. The van der Waals surface area contributed by atoms with E-state index < -0.39 is 22.3 Å². The van der Waals surface area contributed by atoms with Crippen LogP contribution in [0.2, 0.25) is 5.02 Å². The summed E-state index contributed by atoms with van der Waals surface area (Å²) in [5, 5.41) is 18.1. The van der Waals surface area contributed by atoms with Crippen LogP contribution >= 0.6 is 23.4 Å². The number of rotatable bonds is 5. The van der Waals surface area contributed by atoms with Crippen LogP contribution in [0.25, 0.3) is 5.69 Å². The lowest BCUT2D eigenvalue weighted by Crippen LogP contribution is -2.15. The lowest BCUT2D eigenvalue weighted by atomic mass is 10.3. The Labute approximate surface area is 160 Å². The van der Waals surface area contributed by atoms with E-state index >= 15 is 0 Å². The zero-order chi connectivity index (χ0) is 19.6. The maximum Gasteiger partial charge on any atom is 0.348 e. The number of aromatic amines is 1. The molecule has 0 saturated heterocycles. The third-order valence-corrected chi connectivity index (χ3v) is 4.58. The van der Waals surface area contributed by atoms with Crippen molar-refractivity contribution in [3.8, 4) is 5.69 Å². The topological polar surface area (TPSA) is 133 Å². The minimum absolute atomic E-state index is 0.0399. The molecule has 3 rings (SSSR count). The van der Waals surface area contributed by atoms with E-state index in [-0.39, 0.29) is 15.7 Å². The number of ether oxygens (including phenoxy) is 1. The van der Waals surface area contributed by atoms with Gasteiger partial charge in [0, 0.05) is 17.3 Å². The van der Waals surface area contributed by atoms with Gasteiger partial charge in [0.25, 0.3) is 0 Å². The fourth-order valence-corrected chi connectivity index (χ4v) is 3.15. The zero-order valence-electron chi connectivity index (χ0n) is 13.6. The monoisotopic (exact) mass is 407 g/mol. The molecule has 0 aliphatic carbocycles.